The molecule has 0 aliphatic rings. The number of benzene rings is 2. The Balaban J connectivity index is 2.37. The van der Waals surface area contributed by atoms with Crippen molar-refractivity contribution >= 4 is 27.5 Å². The zero-order valence-electron chi connectivity index (χ0n) is 11.1. The van der Waals surface area contributed by atoms with Crippen LogP contribution in [-0.2, 0) is 6.42 Å². The predicted molar refractivity (Wildman–Crippen MR) is 81.0 cm³/mol. The van der Waals surface area contributed by atoms with Crippen LogP contribution in [0.25, 0.3) is 0 Å². The fraction of sp³-hybridized carbons (Fsp3) is 0.200. The van der Waals surface area contributed by atoms with E-state index in [0.717, 1.165) is 6.07 Å². The topological polar surface area (TPSA) is 12.0 Å². The van der Waals surface area contributed by atoms with Crippen molar-refractivity contribution in [3.8, 4) is 0 Å². The zero-order valence-corrected chi connectivity index (χ0v) is 13.4. The van der Waals surface area contributed by atoms with E-state index in [4.69, 9.17) is 11.6 Å². The van der Waals surface area contributed by atoms with E-state index < -0.39 is 23.5 Å². The van der Waals surface area contributed by atoms with Gasteiger partial charge in [0.25, 0.3) is 0 Å². The fourth-order valence-corrected chi connectivity index (χ4v) is 2.59. The molecule has 21 heavy (non-hydrogen) atoms. The molecule has 0 aliphatic carbocycles. The lowest BCUT2D eigenvalue weighted by Crippen LogP contribution is -2.21. The van der Waals surface area contributed by atoms with Crippen LogP contribution in [0.2, 0.25) is 5.02 Å². The Morgan fingerprint density at radius 2 is 1.90 bits per heavy atom. The summed E-state index contributed by atoms with van der Waals surface area (Å²) in [4.78, 5) is 0. The third-order valence-electron chi connectivity index (χ3n) is 3.22. The third kappa shape index (κ3) is 3.59. The van der Waals surface area contributed by atoms with Gasteiger partial charge in [-0.15, -0.1) is 0 Å². The van der Waals surface area contributed by atoms with Crippen molar-refractivity contribution in [3.63, 3.8) is 0 Å². The minimum atomic E-state index is -0.920. The van der Waals surface area contributed by atoms with E-state index in [-0.39, 0.29) is 12.0 Å². The monoisotopic (exact) mass is 377 g/mol. The molecule has 6 heteroatoms. The molecule has 0 saturated carbocycles. The Morgan fingerprint density at radius 1 is 1.19 bits per heavy atom. The summed E-state index contributed by atoms with van der Waals surface area (Å²) in [6.07, 6.45) is 0.106. The molecule has 1 atom stereocenters. The smallest absolute Gasteiger partial charge is 0.162 e. The van der Waals surface area contributed by atoms with Crippen molar-refractivity contribution in [1.29, 1.82) is 0 Å². The standard InChI is InChI=1S/C15H12BrClF3N/c1-21-14(5-8-3-2-4-12(18)15(8)20)9-6-11(17)10(16)7-13(9)19/h2-4,6-7,14,21H,5H2,1H3. The third-order valence-corrected chi connectivity index (χ3v) is 4.42. The van der Waals surface area contributed by atoms with Gasteiger partial charge >= 0.3 is 0 Å². The highest BCUT2D eigenvalue weighted by atomic mass is 79.9. The summed E-state index contributed by atoms with van der Waals surface area (Å²) in [6.45, 7) is 0. The first-order valence-corrected chi connectivity index (χ1v) is 7.35. The molecule has 0 aliphatic heterocycles. The molecule has 1 N–H and O–H groups in total. The van der Waals surface area contributed by atoms with Gasteiger partial charge in [0, 0.05) is 16.1 Å². The van der Waals surface area contributed by atoms with Crippen LogP contribution in [0.15, 0.2) is 34.8 Å². The van der Waals surface area contributed by atoms with Crippen LogP contribution in [0.4, 0.5) is 13.2 Å². The molecule has 0 heterocycles. The van der Waals surface area contributed by atoms with Crippen LogP contribution in [0.1, 0.15) is 17.2 Å². The second-order valence-electron chi connectivity index (χ2n) is 4.55. The minimum Gasteiger partial charge on any atom is -0.313 e. The molecule has 0 aromatic heterocycles. The van der Waals surface area contributed by atoms with Crippen LogP contribution < -0.4 is 5.32 Å². The summed E-state index contributed by atoms with van der Waals surface area (Å²) in [5, 5.41) is 3.25. The normalized spacial score (nSPS) is 12.5. The van der Waals surface area contributed by atoms with E-state index in [9.17, 15) is 13.2 Å². The van der Waals surface area contributed by atoms with E-state index >= 15 is 0 Å². The molecule has 0 amide bonds. The summed E-state index contributed by atoms with van der Waals surface area (Å²) in [5.41, 5.74) is 0.474. The number of nitrogens with one attached hydrogen (secondary N) is 1. The molecular formula is C15H12BrClF3N. The number of hydrogen-bond acceptors (Lipinski definition) is 1. The summed E-state index contributed by atoms with van der Waals surface area (Å²) < 4.78 is 41.5. The molecule has 0 bridgehead atoms. The van der Waals surface area contributed by atoms with Gasteiger partial charge in [-0.1, -0.05) is 23.7 Å². The largest absolute Gasteiger partial charge is 0.313 e. The lowest BCUT2D eigenvalue weighted by Gasteiger charge is -2.18. The lowest BCUT2D eigenvalue weighted by atomic mass is 9.98. The molecule has 0 saturated heterocycles. The Kier molecular flexibility index (Phi) is 5.30. The van der Waals surface area contributed by atoms with Gasteiger partial charge in [-0.25, -0.2) is 13.2 Å². The second-order valence-corrected chi connectivity index (χ2v) is 5.81. The Morgan fingerprint density at radius 3 is 2.57 bits per heavy atom. The van der Waals surface area contributed by atoms with Crippen molar-refractivity contribution in [1.82, 2.24) is 5.32 Å². The van der Waals surface area contributed by atoms with Gasteiger partial charge in [0.2, 0.25) is 0 Å². The highest BCUT2D eigenvalue weighted by molar-refractivity contribution is 9.10. The molecule has 0 radical (unpaired) electrons. The van der Waals surface area contributed by atoms with Crippen LogP contribution in [0, 0.1) is 17.5 Å². The number of halogens is 5. The first-order valence-electron chi connectivity index (χ1n) is 6.18. The summed E-state index contributed by atoms with van der Waals surface area (Å²) in [7, 11) is 1.62. The van der Waals surface area contributed by atoms with Crippen LogP contribution in [0.3, 0.4) is 0 Å². The molecule has 112 valence electrons. The molecule has 1 nitrogen and oxygen atoms in total. The van der Waals surface area contributed by atoms with Crippen LogP contribution >= 0.6 is 27.5 Å². The Bertz CT molecular complexity index is 664. The van der Waals surface area contributed by atoms with E-state index in [0.29, 0.717) is 15.1 Å². The molecule has 0 fully saturated rings. The van der Waals surface area contributed by atoms with E-state index in [1.165, 1.54) is 24.3 Å². The predicted octanol–water partition coefficient (Wildman–Crippen LogP) is 5.02. The molecule has 1 unspecified atom stereocenters. The van der Waals surface area contributed by atoms with Gasteiger partial charge in [-0.2, -0.15) is 0 Å². The highest BCUT2D eigenvalue weighted by Crippen LogP contribution is 2.30. The van der Waals surface area contributed by atoms with Gasteiger partial charge in [0.1, 0.15) is 5.82 Å². The fourth-order valence-electron chi connectivity index (χ4n) is 2.10. The van der Waals surface area contributed by atoms with Crippen LogP contribution in [-0.4, -0.2) is 7.05 Å². The van der Waals surface area contributed by atoms with Crippen molar-refractivity contribution in [3.05, 3.63) is 68.4 Å². The van der Waals surface area contributed by atoms with Gasteiger partial charge in [-0.3, -0.25) is 0 Å². The van der Waals surface area contributed by atoms with Gasteiger partial charge in [0.05, 0.1) is 5.02 Å². The Hall–Kier alpha value is -1.04. The summed E-state index contributed by atoms with van der Waals surface area (Å²) in [6, 6.07) is 6.15. The Labute approximate surface area is 134 Å². The first kappa shape index (κ1) is 16.3. The molecule has 0 spiro atoms. The maximum atomic E-state index is 14.1. The number of hydrogen-bond donors (Lipinski definition) is 1. The van der Waals surface area contributed by atoms with Crippen molar-refractivity contribution in [2.24, 2.45) is 0 Å². The van der Waals surface area contributed by atoms with Gasteiger partial charge < -0.3 is 5.32 Å². The first-order chi connectivity index (χ1) is 9.93. The summed E-state index contributed by atoms with van der Waals surface area (Å²) >= 11 is 9.11. The molecule has 2 aromatic rings. The second kappa shape index (κ2) is 6.81. The quantitative estimate of drug-likeness (QED) is 0.736. The van der Waals surface area contributed by atoms with Crippen LogP contribution in [0.5, 0.6) is 0 Å². The van der Waals surface area contributed by atoms with E-state index in [2.05, 4.69) is 21.2 Å². The minimum absolute atomic E-state index is 0.106. The van der Waals surface area contributed by atoms with E-state index in [1.807, 2.05) is 0 Å². The van der Waals surface area contributed by atoms with Crippen molar-refractivity contribution in [2.45, 2.75) is 12.5 Å². The van der Waals surface area contributed by atoms with Crippen molar-refractivity contribution < 1.29 is 13.2 Å². The average molecular weight is 379 g/mol. The molecule has 2 aromatic carbocycles. The highest BCUT2D eigenvalue weighted by Gasteiger charge is 2.19. The van der Waals surface area contributed by atoms with Gasteiger partial charge in [0.15, 0.2) is 11.6 Å². The SMILES string of the molecule is CNC(Cc1cccc(F)c1F)c1cc(Cl)c(Br)cc1F. The average Bonchev–Trinajstić information content (AvgIpc) is 2.45. The number of likely N-dealkylation sites (N-methyl/N-ethyl adjacent to an activating group) is 1. The molecule has 2 rings (SSSR count). The maximum Gasteiger partial charge on any atom is 0.162 e. The molecular weight excluding hydrogens is 367 g/mol. The van der Waals surface area contributed by atoms with E-state index in [1.54, 1.807) is 7.05 Å². The summed E-state index contributed by atoms with van der Waals surface area (Å²) in [5.74, 6) is -2.31. The van der Waals surface area contributed by atoms with Crippen molar-refractivity contribution in [2.75, 3.05) is 7.05 Å². The number of rotatable bonds is 4. The van der Waals surface area contributed by atoms with Gasteiger partial charge in [-0.05, 0) is 53.2 Å². The lowest BCUT2D eigenvalue weighted by molar-refractivity contribution is 0.480. The zero-order chi connectivity index (χ0) is 15.6. The maximum absolute atomic E-state index is 14.1.